The third-order valence-electron chi connectivity index (χ3n) is 2.70. The molecule has 18 heavy (non-hydrogen) atoms. The molecular weight excluding hydrogens is 226 g/mol. The Balaban J connectivity index is 1.75. The fourth-order valence-electron chi connectivity index (χ4n) is 1.66. The van der Waals surface area contributed by atoms with E-state index in [4.69, 9.17) is 10.00 Å². The van der Waals surface area contributed by atoms with Crippen molar-refractivity contribution in [2.45, 2.75) is 19.9 Å². The minimum absolute atomic E-state index is 0.644. The van der Waals surface area contributed by atoms with Crippen LogP contribution in [0.15, 0.2) is 36.5 Å². The number of nitrogens with zero attached hydrogens (tertiary/aromatic N) is 3. The summed E-state index contributed by atoms with van der Waals surface area (Å²) in [5.74, 6) is 0.797. The number of aryl methyl sites for hydroxylation is 2. The molecule has 0 aliphatic carbocycles. The van der Waals surface area contributed by atoms with Gasteiger partial charge in [-0.05, 0) is 37.3 Å². The highest BCUT2D eigenvalue weighted by molar-refractivity contribution is 5.34. The lowest BCUT2D eigenvalue weighted by Gasteiger charge is -2.07. The van der Waals surface area contributed by atoms with E-state index in [1.165, 1.54) is 0 Å². The topological polar surface area (TPSA) is 50.8 Å². The molecule has 1 aromatic carbocycles. The fourth-order valence-corrected chi connectivity index (χ4v) is 1.66. The average Bonchev–Trinajstić information content (AvgIpc) is 2.81. The first kappa shape index (κ1) is 12.2. The lowest BCUT2D eigenvalue weighted by molar-refractivity contribution is 0.298. The van der Waals surface area contributed by atoms with Crippen molar-refractivity contribution in [1.29, 1.82) is 5.26 Å². The van der Waals surface area contributed by atoms with Gasteiger partial charge in [-0.1, -0.05) is 0 Å². The number of ether oxygens (including phenoxy) is 1. The third-order valence-corrected chi connectivity index (χ3v) is 2.70. The number of aromatic nitrogens is 2. The predicted molar refractivity (Wildman–Crippen MR) is 68.2 cm³/mol. The van der Waals surface area contributed by atoms with Crippen molar-refractivity contribution in [3.05, 3.63) is 47.8 Å². The van der Waals surface area contributed by atoms with Gasteiger partial charge in [-0.15, -0.1) is 0 Å². The van der Waals surface area contributed by atoms with Crippen LogP contribution in [0, 0.1) is 18.3 Å². The molecular formula is C14H15N3O. The van der Waals surface area contributed by atoms with Gasteiger partial charge in [-0.3, -0.25) is 4.68 Å². The second-order valence-corrected chi connectivity index (χ2v) is 4.03. The zero-order valence-electron chi connectivity index (χ0n) is 10.3. The van der Waals surface area contributed by atoms with Crippen molar-refractivity contribution in [2.75, 3.05) is 6.61 Å². The second-order valence-electron chi connectivity index (χ2n) is 4.03. The van der Waals surface area contributed by atoms with E-state index < -0.39 is 0 Å². The molecule has 1 heterocycles. The van der Waals surface area contributed by atoms with Gasteiger partial charge in [0.15, 0.2) is 0 Å². The van der Waals surface area contributed by atoms with Crippen LogP contribution in [-0.2, 0) is 6.54 Å². The minimum atomic E-state index is 0.644. The largest absolute Gasteiger partial charge is 0.494 e. The van der Waals surface area contributed by atoms with Crippen molar-refractivity contribution in [3.8, 4) is 11.8 Å². The summed E-state index contributed by atoms with van der Waals surface area (Å²) < 4.78 is 7.55. The summed E-state index contributed by atoms with van der Waals surface area (Å²) in [4.78, 5) is 0. The van der Waals surface area contributed by atoms with Crippen molar-refractivity contribution in [3.63, 3.8) is 0 Å². The normalized spacial score (nSPS) is 10.0. The van der Waals surface area contributed by atoms with Gasteiger partial charge in [0, 0.05) is 24.9 Å². The standard InChI is InChI=1S/C14H15N3O/c1-12-7-8-16-17(12)9-2-10-18-14-5-3-13(11-15)4-6-14/h3-8H,2,9-10H2,1H3. The molecule has 2 aromatic rings. The molecule has 0 N–H and O–H groups in total. The Morgan fingerprint density at radius 3 is 2.67 bits per heavy atom. The number of hydrogen-bond donors (Lipinski definition) is 0. The highest BCUT2D eigenvalue weighted by Gasteiger charge is 1.98. The molecule has 4 nitrogen and oxygen atoms in total. The van der Waals surface area contributed by atoms with Crippen LogP contribution in [0.5, 0.6) is 5.75 Å². The van der Waals surface area contributed by atoms with Crippen LogP contribution in [-0.4, -0.2) is 16.4 Å². The highest BCUT2D eigenvalue weighted by atomic mass is 16.5. The molecule has 1 aromatic heterocycles. The van der Waals surface area contributed by atoms with Gasteiger partial charge in [-0.2, -0.15) is 10.4 Å². The monoisotopic (exact) mass is 241 g/mol. The van der Waals surface area contributed by atoms with Crippen LogP contribution >= 0.6 is 0 Å². The molecule has 0 fully saturated rings. The van der Waals surface area contributed by atoms with E-state index in [9.17, 15) is 0 Å². The summed E-state index contributed by atoms with van der Waals surface area (Å²) in [7, 11) is 0. The molecule has 0 saturated heterocycles. The van der Waals surface area contributed by atoms with Crippen LogP contribution in [0.1, 0.15) is 17.7 Å². The maximum absolute atomic E-state index is 8.67. The summed E-state index contributed by atoms with van der Waals surface area (Å²) in [6.45, 7) is 3.54. The smallest absolute Gasteiger partial charge is 0.119 e. The molecule has 0 amide bonds. The SMILES string of the molecule is Cc1ccnn1CCCOc1ccc(C#N)cc1. The minimum Gasteiger partial charge on any atom is -0.494 e. The van der Waals surface area contributed by atoms with Gasteiger partial charge in [0.2, 0.25) is 0 Å². The molecule has 0 spiro atoms. The highest BCUT2D eigenvalue weighted by Crippen LogP contribution is 2.11. The zero-order valence-corrected chi connectivity index (χ0v) is 10.3. The van der Waals surface area contributed by atoms with Crippen molar-refractivity contribution in [2.24, 2.45) is 0 Å². The summed E-state index contributed by atoms with van der Waals surface area (Å²) in [6.07, 6.45) is 2.71. The quantitative estimate of drug-likeness (QED) is 0.756. The molecule has 0 saturated carbocycles. The predicted octanol–water partition coefficient (Wildman–Crippen LogP) is 2.53. The van der Waals surface area contributed by atoms with E-state index in [2.05, 4.69) is 11.2 Å². The van der Waals surface area contributed by atoms with Crippen molar-refractivity contribution in [1.82, 2.24) is 9.78 Å². The number of hydrogen-bond acceptors (Lipinski definition) is 3. The summed E-state index contributed by atoms with van der Waals surface area (Å²) in [5, 5.41) is 12.9. The molecule has 2 rings (SSSR count). The first-order chi connectivity index (χ1) is 8.79. The molecule has 92 valence electrons. The van der Waals surface area contributed by atoms with Crippen LogP contribution in [0.25, 0.3) is 0 Å². The van der Waals surface area contributed by atoms with Crippen LogP contribution in [0.2, 0.25) is 0 Å². The van der Waals surface area contributed by atoms with E-state index in [-0.39, 0.29) is 0 Å². The fraction of sp³-hybridized carbons (Fsp3) is 0.286. The first-order valence-electron chi connectivity index (χ1n) is 5.91. The van der Waals surface area contributed by atoms with Gasteiger partial charge in [0.1, 0.15) is 5.75 Å². The third kappa shape index (κ3) is 3.11. The average molecular weight is 241 g/mol. The second kappa shape index (κ2) is 5.87. The number of benzene rings is 1. The Morgan fingerprint density at radius 2 is 2.06 bits per heavy atom. The summed E-state index contributed by atoms with van der Waals surface area (Å²) in [6, 6.07) is 11.2. The van der Waals surface area contributed by atoms with E-state index >= 15 is 0 Å². The van der Waals surface area contributed by atoms with E-state index in [0.717, 1.165) is 24.4 Å². The number of nitriles is 1. The summed E-state index contributed by atoms with van der Waals surface area (Å²) >= 11 is 0. The molecule has 0 aliphatic rings. The molecule has 0 atom stereocenters. The lowest BCUT2D eigenvalue weighted by atomic mass is 10.2. The van der Waals surface area contributed by atoms with E-state index in [1.807, 2.05) is 29.8 Å². The zero-order chi connectivity index (χ0) is 12.8. The summed E-state index contributed by atoms with van der Waals surface area (Å²) in [5.41, 5.74) is 1.81. The van der Waals surface area contributed by atoms with Crippen molar-refractivity contribution < 1.29 is 4.74 Å². The Bertz CT molecular complexity index is 537. The molecule has 0 aliphatic heterocycles. The Kier molecular flexibility index (Phi) is 3.98. The molecule has 0 bridgehead atoms. The first-order valence-corrected chi connectivity index (χ1v) is 5.91. The van der Waals surface area contributed by atoms with E-state index in [1.54, 1.807) is 18.3 Å². The van der Waals surface area contributed by atoms with Crippen molar-refractivity contribution >= 4 is 0 Å². The van der Waals surface area contributed by atoms with E-state index in [0.29, 0.717) is 12.2 Å². The molecule has 4 heteroatoms. The molecule has 0 radical (unpaired) electrons. The number of rotatable bonds is 5. The Hall–Kier alpha value is -2.28. The maximum atomic E-state index is 8.67. The van der Waals surface area contributed by atoms with Gasteiger partial charge in [0.05, 0.1) is 18.2 Å². The lowest BCUT2D eigenvalue weighted by Crippen LogP contribution is -2.06. The Labute approximate surface area is 106 Å². The van der Waals surface area contributed by atoms with Crippen LogP contribution < -0.4 is 4.74 Å². The maximum Gasteiger partial charge on any atom is 0.119 e. The van der Waals surface area contributed by atoms with Crippen LogP contribution in [0.4, 0.5) is 0 Å². The molecule has 0 unspecified atom stereocenters. The van der Waals surface area contributed by atoms with Gasteiger partial charge >= 0.3 is 0 Å². The van der Waals surface area contributed by atoms with Gasteiger partial charge in [-0.25, -0.2) is 0 Å². The van der Waals surface area contributed by atoms with Crippen LogP contribution in [0.3, 0.4) is 0 Å². The Morgan fingerprint density at radius 1 is 1.28 bits per heavy atom. The van der Waals surface area contributed by atoms with Gasteiger partial charge < -0.3 is 4.74 Å². The van der Waals surface area contributed by atoms with Gasteiger partial charge in [0.25, 0.3) is 0 Å².